The van der Waals surface area contributed by atoms with Crippen LogP contribution in [0.5, 0.6) is 11.5 Å². The molecule has 0 spiro atoms. The molecule has 8 heteroatoms. The van der Waals surface area contributed by atoms with Gasteiger partial charge in [-0.2, -0.15) is 5.10 Å². The normalized spacial score (nSPS) is 10.4. The molecule has 1 heterocycles. The summed E-state index contributed by atoms with van der Waals surface area (Å²) in [5.41, 5.74) is 0.114. The highest BCUT2D eigenvalue weighted by molar-refractivity contribution is 9.10. The molecule has 7 nitrogen and oxygen atoms in total. The minimum absolute atomic E-state index is 0.114. The Kier molecular flexibility index (Phi) is 4.79. The predicted molar refractivity (Wildman–Crippen MR) is 77.7 cm³/mol. The molecule has 2 rings (SSSR count). The van der Waals surface area contributed by atoms with Crippen LogP contribution in [0.3, 0.4) is 0 Å². The molecule has 0 saturated carbocycles. The van der Waals surface area contributed by atoms with Crippen LogP contribution >= 0.6 is 15.9 Å². The number of carbonyl (C=O) groups is 1. The molecule has 0 bridgehead atoms. The smallest absolute Gasteiger partial charge is 0.335 e. The van der Waals surface area contributed by atoms with E-state index in [1.54, 1.807) is 4.68 Å². The van der Waals surface area contributed by atoms with Crippen LogP contribution in [-0.2, 0) is 13.2 Å². The standard InChI is InChI=1S/C13H14BrN3O4/c1-3-17-11(15-7-16-17)6-21-12-9(14)4-8(13(18)19)5-10(12)20-2/h4-5,7H,3,6H2,1-2H3,(H,18,19). The van der Waals surface area contributed by atoms with E-state index in [1.807, 2.05) is 6.92 Å². The second kappa shape index (κ2) is 6.57. The highest BCUT2D eigenvalue weighted by Gasteiger charge is 2.16. The minimum atomic E-state index is -1.04. The summed E-state index contributed by atoms with van der Waals surface area (Å²) in [4.78, 5) is 15.1. The first-order chi connectivity index (χ1) is 10.1. The average Bonchev–Trinajstić information content (AvgIpc) is 2.92. The van der Waals surface area contributed by atoms with Crippen molar-refractivity contribution in [1.82, 2.24) is 14.8 Å². The number of carboxylic acid groups (broad SMARTS) is 1. The molecule has 0 atom stereocenters. The van der Waals surface area contributed by atoms with Crippen LogP contribution in [0.15, 0.2) is 22.9 Å². The van der Waals surface area contributed by atoms with Crippen LogP contribution in [0.2, 0.25) is 0 Å². The Balaban J connectivity index is 2.25. The molecule has 0 aliphatic rings. The molecule has 1 N–H and O–H groups in total. The van der Waals surface area contributed by atoms with Crippen molar-refractivity contribution in [2.24, 2.45) is 0 Å². The van der Waals surface area contributed by atoms with Gasteiger partial charge in [0.1, 0.15) is 12.9 Å². The number of aromatic nitrogens is 3. The molecule has 0 aliphatic carbocycles. The zero-order valence-corrected chi connectivity index (χ0v) is 13.1. The van der Waals surface area contributed by atoms with Crippen LogP contribution < -0.4 is 9.47 Å². The second-order valence-electron chi connectivity index (χ2n) is 4.08. The number of ether oxygens (including phenoxy) is 2. The zero-order valence-electron chi connectivity index (χ0n) is 11.5. The minimum Gasteiger partial charge on any atom is -0.493 e. The van der Waals surface area contributed by atoms with Gasteiger partial charge in [0.15, 0.2) is 17.3 Å². The number of methoxy groups -OCH3 is 1. The Morgan fingerprint density at radius 2 is 2.24 bits per heavy atom. The van der Waals surface area contributed by atoms with Crippen LogP contribution in [0.1, 0.15) is 23.1 Å². The van der Waals surface area contributed by atoms with Crippen LogP contribution in [0.4, 0.5) is 0 Å². The number of benzene rings is 1. The summed E-state index contributed by atoms with van der Waals surface area (Å²) in [6.07, 6.45) is 1.46. The average molecular weight is 356 g/mol. The van der Waals surface area contributed by atoms with Gasteiger partial charge < -0.3 is 14.6 Å². The Morgan fingerprint density at radius 3 is 2.86 bits per heavy atom. The van der Waals surface area contributed by atoms with E-state index in [4.69, 9.17) is 14.6 Å². The number of rotatable bonds is 6. The maximum atomic E-state index is 11.0. The Labute approximate surface area is 129 Å². The van der Waals surface area contributed by atoms with Gasteiger partial charge in [0, 0.05) is 6.54 Å². The Bertz CT molecular complexity index is 657. The quantitative estimate of drug-likeness (QED) is 0.855. The van der Waals surface area contributed by atoms with Crippen molar-refractivity contribution in [3.8, 4) is 11.5 Å². The van der Waals surface area contributed by atoms with Crippen molar-refractivity contribution in [3.05, 3.63) is 34.3 Å². The van der Waals surface area contributed by atoms with E-state index in [-0.39, 0.29) is 12.2 Å². The fourth-order valence-electron chi connectivity index (χ4n) is 1.78. The summed E-state index contributed by atoms with van der Waals surface area (Å²) in [6.45, 7) is 2.85. The van der Waals surface area contributed by atoms with E-state index in [0.717, 1.165) is 0 Å². The first-order valence-electron chi connectivity index (χ1n) is 6.17. The van der Waals surface area contributed by atoms with Crippen molar-refractivity contribution in [3.63, 3.8) is 0 Å². The number of aryl methyl sites for hydroxylation is 1. The van der Waals surface area contributed by atoms with Gasteiger partial charge >= 0.3 is 5.97 Å². The molecule has 21 heavy (non-hydrogen) atoms. The van der Waals surface area contributed by atoms with Gasteiger partial charge in [-0.15, -0.1) is 0 Å². The van der Waals surface area contributed by atoms with E-state index in [1.165, 1.54) is 25.6 Å². The molecule has 0 unspecified atom stereocenters. The van der Waals surface area contributed by atoms with Gasteiger partial charge in [-0.25, -0.2) is 14.5 Å². The summed E-state index contributed by atoms with van der Waals surface area (Å²) < 4.78 is 13.1. The molecule has 1 aromatic heterocycles. The van der Waals surface area contributed by atoms with Gasteiger partial charge in [-0.3, -0.25) is 0 Å². The molecule has 2 aromatic rings. The third kappa shape index (κ3) is 3.33. The largest absolute Gasteiger partial charge is 0.493 e. The lowest BCUT2D eigenvalue weighted by atomic mass is 10.2. The molecule has 112 valence electrons. The molecule has 0 radical (unpaired) electrons. The summed E-state index contributed by atoms with van der Waals surface area (Å²) in [5, 5.41) is 13.1. The molecule has 0 fully saturated rings. The van der Waals surface area contributed by atoms with Crippen LogP contribution in [0, 0.1) is 0 Å². The zero-order chi connectivity index (χ0) is 15.4. The first-order valence-corrected chi connectivity index (χ1v) is 6.96. The molecule has 1 aromatic carbocycles. The van der Waals surface area contributed by atoms with Crippen LogP contribution in [-0.4, -0.2) is 33.0 Å². The lowest BCUT2D eigenvalue weighted by Crippen LogP contribution is -2.08. The molecular weight excluding hydrogens is 342 g/mol. The second-order valence-corrected chi connectivity index (χ2v) is 4.93. The number of hydrogen-bond acceptors (Lipinski definition) is 5. The van der Waals surface area contributed by atoms with Crippen molar-refractivity contribution in [2.75, 3.05) is 7.11 Å². The van der Waals surface area contributed by atoms with Crippen molar-refractivity contribution >= 4 is 21.9 Å². The Morgan fingerprint density at radius 1 is 1.48 bits per heavy atom. The lowest BCUT2D eigenvalue weighted by Gasteiger charge is -2.13. The summed E-state index contributed by atoms with van der Waals surface area (Å²) in [6, 6.07) is 2.87. The van der Waals surface area contributed by atoms with Gasteiger partial charge in [0.2, 0.25) is 0 Å². The van der Waals surface area contributed by atoms with Gasteiger partial charge in [-0.05, 0) is 35.0 Å². The van der Waals surface area contributed by atoms with E-state index < -0.39 is 5.97 Å². The number of aromatic carboxylic acids is 1. The van der Waals surface area contributed by atoms with Crippen LogP contribution in [0.25, 0.3) is 0 Å². The molecular formula is C13H14BrN3O4. The topological polar surface area (TPSA) is 86.5 Å². The maximum absolute atomic E-state index is 11.0. The van der Waals surface area contributed by atoms with Gasteiger partial charge in [-0.1, -0.05) is 0 Å². The summed E-state index contributed by atoms with van der Waals surface area (Å²) >= 11 is 3.30. The monoisotopic (exact) mass is 355 g/mol. The number of hydrogen-bond donors (Lipinski definition) is 1. The SMILES string of the molecule is CCn1ncnc1COc1c(Br)cc(C(=O)O)cc1OC. The number of halogens is 1. The predicted octanol–water partition coefficient (Wildman–Crippen LogP) is 2.35. The lowest BCUT2D eigenvalue weighted by molar-refractivity contribution is 0.0696. The maximum Gasteiger partial charge on any atom is 0.335 e. The Hall–Kier alpha value is -2.09. The molecule has 0 amide bonds. The van der Waals surface area contributed by atoms with E-state index in [2.05, 4.69) is 26.0 Å². The highest BCUT2D eigenvalue weighted by Crippen LogP contribution is 2.37. The molecule has 0 aliphatic heterocycles. The third-order valence-corrected chi connectivity index (χ3v) is 3.41. The van der Waals surface area contributed by atoms with Crippen molar-refractivity contribution in [1.29, 1.82) is 0 Å². The highest BCUT2D eigenvalue weighted by atomic mass is 79.9. The van der Waals surface area contributed by atoms with Crippen molar-refractivity contribution in [2.45, 2.75) is 20.1 Å². The summed E-state index contributed by atoms with van der Waals surface area (Å²) in [5.74, 6) is 0.400. The van der Waals surface area contributed by atoms with E-state index in [0.29, 0.717) is 28.3 Å². The third-order valence-electron chi connectivity index (χ3n) is 2.82. The fourth-order valence-corrected chi connectivity index (χ4v) is 2.34. The van der Waals surface area contributed by atoms with Crippen molar-refractivity contribution < 1.29 is 19.4 Å². The number of nitrogens with zero attached hydrogens (tertiary/aromatic N) is 3. The van der Waals surface area contributed by atoms with E-state index >= 15 is 0 Å². The van der Waals surface area contributed by atoms with E-state index in [9.17, 15) is 4.79 Å². The fraction of sp³-hybridized carbons (Fsp3) is 0.308. The van der Waals surface area contributed by atoms with Gasteiger partial charge in [0.05, 0.1) is 17.1 Å². The van der Waals surface area contributed by atoms with Gasteiger partial charge in [0.25, 0.3) is 0 Å². The molecule has 0 saturated heterocycles. The summed E-state index contributed by atoms with van der Waals surface area (Å²) in [7, 11) is 1.45. The number of carboxylic acids is 1. The first kappa shape index (κ1) is 15.3.